The number of esters is 1. The van der Waals surface area contributed by atoms with E-state index in [1.165, 1.54) is 25.2 Å². The van der Waals surface area contributed by atoms with Gasteiger partial charge in [0, 0.05) is 28.1 Å². The molecule has 1 saturated heterocycles. The predicted octanol–water partition coefficient (Wildman–Crippen LogP) is 6.07. The Morgan fingerprint density at radius 3 is 2.19 bits per heavy atom. The Kier molecular flexibility index (Phi) is 15.7. The van der Waals surface area contributed by atoms with E-state index in [0.717, 1.165) is 16.0 Å². The van der Waals surface area contributed by atoms with E-state index >= 15 is 0 Å². The van der Waals surface area contributed by atoms with Crippen molar-refractivity contribution in [1.29, 1.82) is 0 Å². The van der Waals surface area contributed by atoms with Gasteiger partial charge in [0.15, 0.2) is 36.1 Å². The first-order chi connectivity index (χ1) is 33.3. The fourth-order valence-electron chi connectivity index (χ4n) is 7.27. The lowest BCUT2D eigenvalue weighted by Crippen LogP contribution is -2.74. The first kappa shape index (κ1) is 51.1. The van der Waals surface area contributed by atoms with Crippen molar-refractivity contribution in [3.05, 3.63) is 129 Å². The molecule has 0 aliphatic carbocycles. The summed E-state index contributed by atoms with van der Waals surface area (Å²) in [5.41, 5.74) is 0.349. The number of carbonyl (C=O) groups is 4. The number of aromatic nitrogens is 2. The van der Waals surface area contributed by atoms with Gasteiger partial charge in [-0.25, -0.2) is 19.1 Å². The van der Waals surface area contributed by atoms with E-state index in [4.69, 9.17) is 48.2 Å². The SMILES string of the molecule is [B]OC(=O)C1=C(C[n+]2cccc(-c3ccc(OCc4ccc(OC)cc4)c(OCc4ccc(OC)cc4)c3Cl)c2)CS(=O)[C@@H]2[C@H](NC(=O)/C(=N\OC(C)(C)C(=O)OC(C)(C)C)c3csc(C)n3)C(=O)N12. The molecule has 364 valence electrons. The van der Waals surface area contributed by atoms with Crippen LogP contribution in [0.25, 0.3) is 11.1 Å². The quantitative estimate of drug-likeness (QED) is 0.0266. The monoisotopic (exact) mass is 1010 g/mol. The summed E-state index contributed by atoms with van der Waals surface area (Å²) in [6, 6.07) is 20.7. The summed E-state index contributed by atoms with van der Waals surface area (Å²) in [4.78, 5) is 65.1. The summed E-state index contributed by atoms with van der Waals surface area (Å²) >= 11 is 8.41. The summed E-state index contributed by atoms with van der Waals surface area (Å²) in [6.45, 7) is 10.0. The van der Waals surface area contributed by atoms with Crippen LogP contribution >= 0.6 is 22.9 Å². The first-order valence-corrected chi connectivity index (χ1v) is 24.3. The van der Waals surface area contributed by atoms with Crippen molar-refractivity contribution >= 4 is 71.3 Å². The van der Waals surface area contributed by atoms with Crippen molar-refractivity contribution in [2.24, 2.45) is 5.16 Å². The maximum Gasteiger partial charge on any atom is 0.378 e. The van der Waals surface area contributed by atoms with Crippen LogP contribution in [0, 0.1) is 6.92 Å². The van der Waals surface area contributed by atoms with Crippen LogP contribution in [0.1, 0.15) is 56.4 Å². The van der Waals surface area contributed by atoms with Crippen LogP contribution in [0.15, 0.2) is 107 Å². The molecule has 2 aliphatic rings. The van der Waals surface area contributed by atoms with Gasteiger partial charge in [-0.3, -0.25) is 18.7 Å². The molecule has 1 unspecified atom stereocenters. The summed E-state index contributed by atoms with van der Waals surface area (Å²) < 4.78 is 49.1. The number of nitrogens with one attached hydrogen (secondary N) is 1. The van der Waals surface area contributed by atoms with Crippen LogP contribution in [-0.4, -0.2) is 94.2 Å². The van der Waals surface area contributed by atoms with Gasteiger partial charge in [-0.05, 0) is 95.1 Å². The van der Waals surface area contributed by atoms with E-state index in [-0.39, 0.29) is 53.2 Å². The number of ether oxygens (including phenoxy) is 5. The molecule has 21 heteroatoms. The van der Waals surface area contributed by atoms with Gasteiger partial charge < -0.3 is 38.5 Å². The average molecular weight is 1010 g/mol. The van der Waals surface area contributed by atoms with E-state index in [9.17, 15) is 23.4 Å². The van der Waals surface area contributed by atoms with Crippen LogP contribution in [0.3, 0.4) is 0 Å². The topological polar surface area (TPSA) is 194 Å². The molecule has 17 nitrogen and oxygen atoms in total. The molecule has 2 amide bonds. The molecular weight excluding hydrogens is 961 g/mol. The molecule has 2 radical (unpaired) electrons. The van der Waals surface area contributed by atoms with Gasteiger partial charge in [-0.1, -0.05) is 41.0 Å². The minimum absolute atomic E-state index is 0.0240. The Labute approximate surface area is 417 Å². The second-order valence-electron chi connectivity index (χ2n) is 17.5. The second-order valence-corrected chi connectivity index (χ2v) is 20.5. The molecule has 4 heterocycles. The number of hydrogen-bond acceptors (Lipinski definition) is 15. The summed E-state index contributed by atoms with van der Waals surface area (Å²) in [5.74, 6) is -1.51. The average Bonchev–Trinajstić information content (AvgIpc) is 3.76. The third kappa shape index (κ3) is 11.6. The Morgan fingerprint density at radius 2 is 1.60 bits per heavy atom. The molecule has 2 aliphatic heterocycles. The third-order valence-electron chi connectivity index (χ3n) is 10.8. The highest BCUT2D eigenvalue weighted by molar-refractivity contribution is 7.86. The molecule has 2 aromatic heterocycles. The maximum atomic E-state index is 14.1. The molecule has 0 saturated carbocycles. The number of oxime groups is 1. The minimum atomic E-state index is -1.85. The van der Waals surface area contributed by atoms with Crippen LogP contribution in [0.5, 0.6) is 23.0 Å². The summed E-state index contributed by atoms with van der Waals surface area (Å²) in [6.07, 6.45) is 3.50. The minimum Gasteiger partial charge on any atom is -0.539 e. The van der Waals surface area contributed by atoms with Crippen molar-refractivity contribution in [1.82, 2.24) is 15.2 Å². The zero-order chi connectivity index (χ0) is 50.5. The third-order valence-corrected chi connectivity index (χ3v) is 13.6. The zero-order valence-corrected chi connectivity index (χ0v) is 42.0. The van der Waals surface area contributed by atoms with Crippen LogP contribution < -0.4 is 28.8 Å². The van der Waals surface area contributed by atoms with Crippen molar-refractivity contribution in [3.63, 3.8) is 0 Å². The van der Waals surface area contributed by atoms with E-state index in [1.54, 1.807) is 82.5 Å². The second kappa shape index (κ2) is 21.5. The smallest absolute Gasteiger partial charge is 0.378 e. The molecule has 0 spiro atoms. The molecular formula is C49H50BClN5O12S2+. The van der Waals surface area contributed by atoms with Crippen molar-refractivity contribution in [3.8, 4) is 34.1 Å². The number of thiazole rings is 1. The number of β-lactam (4-membered cyclic amide) rings is 1. The number of benzene rings is 3. The maximum absolute atomic E-state index is 14.1. The number of methoxy groups -OCH3 is 2. The number of aryl methyl sites for hydroxylation is 1. The normalized spacial score (nSPS) is 16.9. The van der Waals surface area contributed by atoms with E-state index < -0.39 is 57.2 Å². The molecule has 5 aromatic rings. The Balaban J connectivity index is 1.13. The van der Waals surface area contributed by atoms with Gasteiger partial charge in [0.2, 0.25) is 5.60 Å². The fraction of sp³-hybridized carbons (Fsp3) is 0.327. The Bertz CT molecular complexity index is 2880. The van der Waals surface area contributed by atoms with E-state index in [2.05, 4.69) is 20.1 Å². The lowest BCUT2D eigenvalue weighted by atomic mass is 10.0. The number of hydrogen-bond donors (Lipinski definition) is 1. The highest BCUT2D eigenvalue weighted by Gasteiger charge is 2.58. The molecule has 1 N–H and O–H groups in total. The van der Waals surface area contributed by atoms with Crippen molar-refractivity contribution in [2.75, 3.05) is 20.0 Å². The highest BCUT2D eigenvalue weighted by Crippen LogP contribution is 2.43. The molecule has 1 fully saturated rings. The van der Waals surface area contributed by atoms with Gasteiger partial charge in [0.05, 0.1) is 40.8 Å². The summed E-state index contributed by atoms with van der Waals surface area (Å²) in [5, 5.41) is 7.85. The number of rotatable bonds is 18. The Hall–Kier alpha value is -6.77. The van der Waals surface area contributed by atoms with Gasteiger partial charge >= 0.3 is 20.0 Å². The largest absolute Gasteiger partial charge is 0.539 e. The van der Waals surface area contributed by atoms with Gasteiger partial charge in [0.25, 0.3) is 11.8 Å². The zero-order valence-electron chi connectivity index (χ0n) is 39.6. The molecule has 0 bridgehead atoms. The van der Waals surface area contributed by atoms with Crippen LogP contribution in [0.2, 0.25) is 5.02 Å². The first-order valence-electron chi connectivity index (χ1n) is 21.7. The standard InChI is InChI=1S/C49H49BClN5O12S2/c1-28-52-36(26-69-28)39(54-68-49(5,6)47(60)66-48(2,3)4)43(57)53-40-44(58)56-41(46(59)67-50)32(27-70(61)45(40)56)23-55-21-9-10-31(22-55)35-19-20-37(64-24-29-11-15-33(62-7)16-12-29)42(38(35)51)65-25-30-13-17-34(63-8)18-14-30/h9-22,26,40,45H,23-25,27H2,1-8H3/p+1/b54-39-/t40-,45-,70?/m1/s1. The lowest BCUT2D eigenvalue weighted by Gasteiger charge is -2.49. The molecule has 7 rings (SSSR count). The highest BCUT2D eigenvalue weighted by atomic mass is 35.5. The number of nitrogens with zero attached hydrogens (tertiary/aromatic N) is 4. The van der Waals surface area contributed by atoms with Crippen molar-refractivity contribution in [2.45, 2.75) is 83.9 Å². The number of pyridine rings is 1. The van der Waals surface area contributed by atoms with E-state index in [1.807, 2.05) is 54.6 Å². The number of carbonyl (C=O) groups excluding carboxylic acids is 4. The molecule has 70 heavy (non-hydrogen) atoms. The van der Waals surface area contributed by atoms with E-state index in [0.29, 0.717) is 39.1 Å². The van der Waals surface area contributed by atoms with Gasteiger partial charge in [-0.15, -0.1) is 11.3 Å². The number of halogens is 1. The van der Waals surface area contributed by atoms with Crippen LogP contribution in [-0.2, 0) is 64.0 Å². The van der Waals surface area contributed by atoms with Gasteiger partial charge in [-0.2, -0.15) is 0 Å². The predicted molar refractivity (Wildman–Crippen MR) is 261 cm³/mol. The molecule has 3 aromatic carbocycles. The summed E-state index contributed by atoms with van der Waals surface area (Å²) in [7, 11) is 6.74. The molecule has 3 atom stereocenters. The lowest BCUT2D eigenvalue weighted by molar-refractivity contribution is -0.688. The van der Waals surface area contributed by atoms with Crippen molar-refractivity contribution < 1.29 is 61.1 Å². The Morgan fingerprint density at radius 1 is 0.957 bits per heavy atom. The number of amides is 2. The fourth-order valence-corrected chi connectivity index (χ4v) is 9.86. The van der Waals surface area contributed by atoms with Gasteiger partial charge in [0.1, 0.15) is 53.1 Å². The number of fused-ring (bicyclic) bond motifs is 1. The van der Waals surface area contributed by atoms with Crippen LogP contribution in [0.4, 0.5) is 0 Å².